The molecule has 7 nitrogen and oxygen atoms in total. The summed E-state index contributed by atoms with van der Waals surface area (Å²) < 4.78 is 33.4. The smallest absolute Gasteiger partial charge is 0.407 e. The van der Waals surface area contributed by atoms with Gasteiger partial charge in [-0.1, -0.05) is 17.7 Å². The van der Waals surface area contributed by atoms with E-state index in [0.717, 1.165) is 5.56 Å². The van der Waals surface area contributed by atoms with Crippen LogP contribution in [0.4, 0.5) is 4.79 Å². The molecule has 0 fully saturated rings. The van der Waals surface area contributed by atoms with E-state index < -0.39 is 34.6 Å². The molecule has 0 heterocycles. The number of aryl methyl sites for hydroxylation is 1. The van der Waals surface area contributed by atoms with Crippen molar-refractivity contribution in [1.29, 1.82) is 0 Å². The summed E-state index contributed by atoms with van der Waals surface area (Å²) in [6, 6.07) is 5.97. The lowest BCUT2D eigenvalue weighted by Crippen LogP contribution is -2.38. The Morgan fingerprint density at radius 1 is 1.27 bits per heavy atom. The SMILES string of the molecule is Cc1ccc(S(=O)(=O)OC(O)CNC(=O)OC(C)(C)C)cc1. The van der Waals surface area contributed by atoms with E-state index >= 15 is 0 Å². The number of carbonyl (C=O) groups excluding carboxylic acids is 1. The van der Waals surface area contributed by atoms with Gasteiger partial charge >= 0.3 is 6.09 Å². The van der Waals surface area contributed by atoms with Crippen molar-refractivity contribution in [3.8, 4) is 0 Å². The van der Waals surface area contributed by atoms with Crippen molar-refractivity contribution in [2.24, 2.45) is 0 Å². The molecule has 1 rings (SSSR count). The Balaban J connectivity index is 2.55. The van der Waals surface area contributed by atoms with Crippen LogP contribution < -0.4 is 5.32 Å². The summed E-state index contributed by atoms with van der Waals surface area (Å²) in [7, 11) is -4.10. The first-order valence-electron chi connectivity index (χ1n) is 6.64. The fourth-order valence-corrected chi connectivity index (χ4v) is 2.37. The van der Waals surface area contributed by atoms with E-state index in [1.165, 1.54) is 12.1 Å². The van der Waals surface area contributed by atoms with Crippen molar-refractivity contribution in [2.45, 2.75) is 44.5 Å². The molecule has 0 bridgehead atoms. The summed E-state index contributed by atoms with van der Waals surface area (Å²) in [5.74, 6) is 0. The Morgan fingerprint density at radius 3 is 2.32 bits per heavy atom. The number of hydrogen-bond acceptors (Lipinski definition) is 6. The van der Waals surface area contributed by atoms with Crippen LogP contribution in [0.25, 0.3) is 0 Å². The molecule has 8 heteroatoms. The zero-order chi connectivity index (χ0) is 17.0. The molecule has 1 amide bonds. The van der Waals surface area contributed by atoms with E-state index in [9.17, 15) is 18.3 Å². The molecule has 22 heavy (non-hydrogen) atoms. The molecule has 1 aromatic carbocycles. The number of amides is 1. The number of alkyl carbamates (subject to hydrolysis) is 1. The highest BCUT2D eigenvalue weighted by Gasteiger charge is 2.22. The van der Waals surface area contributed by atoms with Gasteiger partial charge in [0.05, 0.1) is 11.4 Å². The molecule has 0 saturated heterocycles. The number of hydrogen-bond donors (Lipinski definition) is 2. The monoisotopic (exact) mass is 331 g/mol. The minimum Gasteiger partial charge on any atom is -0.444 e. The molecule has 1 aromatic rings. The van der Waals surface area contributed by atoms with Crippen molar-refractivity contribution in [3.63, 3.8) is 0 Å². The lowest BCUT2D eigenvalue weighted by atomic mass is 10.2. The summed E-state index contributed by atoms with van der Waals surface area (Å²) in [6.07, 6.45) is -2.48. The minimum atomic E-state index is -4.10. The fourth-order valence-electron chi connectivity index (χ4n) is 1.43. The number of carbonyl (C=O) groups is 1. The third kappa shape index (κ3) is 6.42. The molecule has 0 radical (unpaired) electrons. The molecule has 0 aliphatic rings. The van der Waals surface area contributed by atoms with Crippen molar-refractivity contribution < 1.29 is 27.2 Å². The Bertz CT molecular complexity index is 603. The molecule has 0 saturated carbocycles. The highest BCUT2D eigenvalue weighted by molar-refractivity contribution is 7.86. The first-order valence-corrected chi connectivity index (χ1v) is 8.05. The zero-order valence-corrected chi connectivity index (χ0v) is 13.8. The van der Waals surface area contributed by atoms with E-state index in [0.29, 0.717) is 0 Å². The molecule has 2 N–H and O–H groups in total. The highest BCUT2D eigenvalue weighted by atomic mass is 32.2. The standard InChI is InChI=1S/C14H21NO6S/c1-10-5-7-11(8-6-10)22(18,19)21-12(16)9-15-13(17)20-14(2,3)4/h5-8,12,16H,9H2,1-4H3,(H,15,17). The number of ether oxygens (including phenoxy) is 1. The topological polar surface area (TPSA) is 102 Å². The van der Waals surface area contributed by atoms with Gasteiger partial charge in [0.15, 0.2) is 6.29 Å². The quantitative estimate of drug-likeness (QED) is 0.627. The number of nitrogens with one attached hydrogen (secondary N) is 1. The molecule has 0 aromatic heterocycles. The highest BCUT2D eigenvalue weighted by Crippen LogP contribution is 2.14. The van der Waals surface area contributed by atoms with E-state index in [1.807, 2.05) is 6.92 Å². The van der Waals surface area contributed by atoms with Crippen LogP contribution in [0.1, 0.15) is 26.3 Å². The van der Waals surface area contributed by atoms with Gasteiger partial charge in [0.25, 0.3) is 10.1 Å². The molecule has 1 atom stereocenters. The van der Waals surface area contributed by atoms with Gasteiger partial charge < -0.3 is 15.2 Å². The number of aliphatic hydroxyl groups excluding tert-OH is 1. The van der Waals surface area contributed by atoms with Gasteiger partial charge in [-0.25, -0.2) is 8.98 Å². The third-order valence-electron chi connectivity index (χ3n) is 2.37. The normalized spacial score (nSPS) is 13.5. The van der Waals surface area contributed by atoms with Gasteiger partial charge in [-0.2, -0.15) is 8.42 Å². The molecular formula is C14H21NO6S. The summed E-state index contributed by atoms with van der Waals surface area (Å²) in [5.41, 5.74) is 0.204. The van der Waals surface area contributed by atoms with Crippen LogP contribution in [0, 0.1) is 6.92 Å². The van der Waals surface area contributed by atoms with Crippen LogP contribution in [-0.4, -0.2) is 38.1 Å². The Morgan fingerprint density at radius 2 is 1.82 bits per heavy atom. The van der Waals surface area contributed by atoms with Crippen LogP contribution in [0.5, 0.6) is 0 Å². The lowest BCUT2D eigenvalue weighted by molar-refractivity contribution is -0.0139. The van der Waals surface area contributed by atoms with Gasteiger partial charge in [-0.3, -0.25) is 0 Å². The minimum absolute atomic E-state index is 0.0746. The molecule has 1 unspecified atom stereocenters. The van der Waals surface area contributed by atoms with Gasteiger partial charge in [0, 0.05) is 0 Å². The van der Waals surface area contributed by atoms with Crippen LogP contribution in [-0.2, 0) is 19.0 Å². The van der Waals surface area contributed by atoms with Gasteiger partial charge in [0.2, 0.25) is 0 Å². The van der Waals surface area contributed by atoms with Crippen LogP contribution >= 0.6 is 0 Å². The second-order valence-corrected chi connectivity index (χ2v) is 7.27. The summed E-state index contributed by atoms with van der Waals surface area (Å²) >= 11 is 0. The first kappa shape index (κ1) is 18.4. The fraction of sp³-hybridized carbons (Fsp3) is 0.500. The third-order valence-corrected chi connectivity index (χ3v) is 3.69. The average Bonchev–Trinajstić information content (AvgIpc) is 2.34. The summed E-state index contributed by atoms with van der Waals surface area (Å²) in [6.45, 7) is 6.45. The average molecular weight is 331 g/mol. The van der Waals surface area contributed by atoms with E-state index in [-0.39, 0.29) is 4.90 Å². The molecule has 0 aliphatic heterocycles. The number of aliphatic hydroxyl groups is 1. The maximum atomic E-state index is 11.9. The van der Waals surface area contributed by atoms with Crippen molar-refractivity contribution in [3.05, 3.63) is 29.8 Å². The second-order valence-electron chi connectivity index (χ2n) is 5.70. The summed E-state index contributed by atoms with van der Waals surface area (Å²) in [5, 5.41) is 11.8. The molecule has 124 valence electrons. The first-order chi connectivity index (χ1) is 9.99. The van der Waals surface area contributed by atoms with Gasteiger partial charge in [-0.15, -0.1) is 0 Å². The number of benzene rings is 1. The molecular weight excluding hydrogens is 310 g/mol. The van der Waals surface area contributed by atoms with Crippen LogP contribution in [0.2, 0.25) is 0 Å². The predicted molar refractivity (Wildman–Crippen MR) is 79.7 cm³/mol. The maximum absolute atomic E-state index is 11.9. The van der Waals surface area contributed by atoms with Gasteiger partial charge in [0.1, 0.15) is 5.60 Å². The van der Waals surface area contributed by atoms with E-state index in [2.05, 4.69) is 9.50 Å². The number of rotatable bonds is 5. The lowest BCUT2D eigenvalue weighted by Gasteiger charge is -2.20. The van der Waals surface area contributed by atoms with Crippen molar-refractivity contribution in [1.82, 2.24) is 5.32 Å². The molecule has 0 spiro atoms. The van der Waals surface area contributed by atoms with Crippen molar-refractivity contribution >= 4 is 16.2 Å². The van der Waals surface area contributed by atoms with Crippen LogP contribution in [0.15, 0.2) is 29.2 Å². The Labute approximate surface area is 130 Å². The van der Waals surface area contributed by atoms with E-state index in [4.69, 9.17) is 4.74 Å². The largest absolute Gasteiger partial charge is 0.444 e. The van der Waals surface area contributed by atoms with Crippen molar-refractivity contribution in [2.75, 3.05) is 6.54 Å². The van der Waals surface area contributed by atoms with E-state index in [1.54, 1.807) is 32.9 Å². The molecule has 0 aliphatic carbocycles. The zero-order valence-electron chi connectivity index (χ0n) is 13.0. The summed E-state index contributed by atoms with van der Waals surface area (Å²) in [4.78, 5) is 11.3. The Hall–Kier alpha value is -1.64. The van der Waals surface area contributed by atoms with Crippen LogP contribution in [0.3, 0.4) is 0 Å². The Kier molecular flexibility index (Phi) is 5.92. The maximum Gasteiger partial charge on any atom is 0.407 e. The predicted octanol–water partition coefficient (Wildman–Crippen LogP) is 1.54. The van der Waals surface area contributed by atoms with Gasteiger partial charge in [-0.05, 0) is 39.8 Å². The second kappa shape index (κ2) is 7.08.